The molecule has 1 aromatic carbocycles. The molecule has 2 saturated heterocycles. The Kier molecular flexibility index (Phi) is 5.12. The average molecular weight is 394 g/mol. The maximum Gasteiger partial charge on any atom is 0.224 e. The van der Waals surface area contributed by atoms with E-state index in [0.29, 0.717) is 24.4 Å². The molecule has 0 spiro atoms. The van der Waals surface area contributed by atoms with E-state index in [1.165, 1.54) is 32.1 Å². The predicted molar refractivity (Wildman–Crippen MR) is 114 cm³/mol. The first-order valence-electron chi connectivity index (χ1n) is 11.2. The van der Waals surface area contributed by atoms with Crippen LogP contribution in [0.1, 0.15) is 62.8 Å². The summed E-state index contributed by atoms with van der Waals surface area (Å²) < 4.78 is 2.26. The molecule has 1 amide bonds. The van der Waals surface area contributed by atoms with Crippen LogP contribution in [0.4, 0.5) is 5.69 Å². The third kappa shape index (κ3) is 3.95. The summed E-state index contributed by atoms with van der Waals surface area (Å²) in [6.07, 6.45) is 10.0. The second kappa shape index (κ2) is 7.90. The standard InChI is InChI=1S/C23H31N5O/c1-15-6-7-17(23-27-26-21-5-3-2-4-10-28(21)23)14-20(15)25-22(29)13-16-11-18-8-9-19(12-16)24-18/h6-7,14,16,18-19,24H,2-5,8-13H2,1H3,(H,25,29). The summed E-state index contributed by atoms with van der Waals surface area (Å²) in [5, 5.41) is 15.7. The molecule has 6 nitrogen and oxygen atoms in total. The molecule has 3 aliphatic rings. The van der Waals surface area contributed by atoms with Crippen LogP contribution in [0.25, 0.3) is 11.4 Å². The highest BCUT2D eigenvalue weighted by Crippen LogP contribution is 2.33. The zero-order valence-electron chi connectivity index (χ0n) is 17.3. The van der Waals surface area contributed by atoms with Crippen LogP contribution in [0.5, 0.6) is 0 Å². The van der Waals surface area contributed by atoms with Crippen molar-refractivity contribution < 1.29 is 4.79 Å². The van der Waals surface area contributed by atoms with E-state index in [1.807, 2.05) is 0 Å². The number of nitrogens with one attached hydrogen (secondary N) is 2. The Labute approximate surface area is 172 Å². The molecule has 2 aromatic rings. The molecular weight excluding hydrogens is 362 g/mol. The Balaban J connectivity index is 1.31. The van der Waals surface area contributed by atoms with Crippen molar-refractivity contribution in [1.29, 1.82) is 0 Å². The van der Waals surface area contributed by atoms with Gasteiger partial charge in [0.2, 0.25) is 5.91 Å². The predicted octanol–water partition coefficient (Wildman–Crippen LogP) is 3.84. The van der Waals surface area contributed by atoms with Crippen LogP contribution in [0.3, 0.4) is 0 Å². The summed E-state index contributed by atoms with van der Waals surface area (Å²) >= 11 is 0. The van der Waals surface area contributed by atoms with Gasteiger partial charge in [0.15, 0.2) is 5.82 Å². The zero-order chi connectivity index (χ0) is 19.8. The molecule has 29 heavy (non-hydrogen) atoms. The van der Waals surface area contributed by atoms with Crippen molar-refractivity contribution in [3.8, 4) is 11.4 Å². The van der Waals surface area contributed by atoms with Gasteiger partial charge in [-0.05, 0) is 63.0 Å². The van der Waals surface area contributed by atoms with E-state index in [2.05, 4.69) is 50.5 Å². The largest absolute Gasteiger partial charge is 0.326 e. The molecule has 2 N–H and O–H groups in total. The number of nitrogens with zero attached hydrogens (tertiary/aromatic N) is 3. The van der Waals surface area contributed by atoms with Crippen molar-refractivity contribution in [2.24, 2.45) is 5.92 Å². The number of fused-ring (bicyclic) bond motifs is 3. The number of carbonyl (C=O) groups excluding carboxylic acids is 1. The van der Waals surface area contributed by atoms with Crippen molar-refractivity contribution in [2.45, 2.75) is 83.3 Å². The number of hydrogen-bond donors (Lipinski definition) is 2. The number of rotatable bonds is 4. The molecule has 6 heteroatoms. The van der Waals surface area contributed by atoms with Crippen LogP contribution in [0.2, 0.25) is 0 Å². The third-order valence-corrected chi connectivity index (χ3v) is 6.92. The third-order valence-electron chi connectivity index (χ3n) is 6.92. The highest BCUT2D eigenvalue weighted by Gasteiger charge is 2.34. The van der Waals surface area contributed by atoms with E-state index in [1.54, 1.807) is 0 Å². The lowest BCUT2D eigenvalue weighted by Crippen LogP contribution is -2.39. The van der Waals surface area contributed by atoms with Gasteiger partial charge < -0.3 is 15.2 Å². The number of piperidine rings is 1. The fourth-order valence-corrected chi connectivity index (χ4v) is 5.40. The molecule has 5 rings (SSSR count). The number of amides is 1. The Morgan fingerprint density at radius 2 is 2.00 bits per heavy atom. The van der Waals surface area contributed by atoms with Crippen LogP contribution in [-0.4, -0.2) is 32.8 Å². The zero-order valence-corrected chi connectivity index (χ0v) is 17.3. The summed E-state index contributed by atoms with van der Waals surface area (Å²) in [6, 6.07) is 7.49. The first-order chi connectivity index (χ1) is 14.2. The highest BCUT2D eigenvalue weighted by atomic mass is 16.1. The van der Waals surface area contributed by atoms with Crippen LogP contribution in [0.15, 0.2) is 18.2 Å². The Hall–Kier alpha value is -2.21. The maximum atomic E-state index is 12.8. The first kappa shape index (κ1) is 18.8. The Morgan fingerprint density at radius 3 is 2.83 bits per heavy atom. The molecule has 0 aliphatic carbocycles. The van der Waals surface area contributed by atoms with Gasteiger partial charge in [-0.1, -0.05) is 18.6 Å². The molecule has 1 aromatic heterocycles. The van der Waals surface area contributed by atoms with Crippen LogP contribution < -0.4 is 10.6 Å². The number of hydrogen-bond acceptors (Lipinski definition) is 4. The van der Waals surface area contributed by atoms with E-state index in [9.17, 15) is 4.79 Å². The van der Waals surface area contributed by atoms with Gasteiger partial charge in [0.1, 0.15) is 5.82 Å². The Bertz CT molecular complexity index is 893. The molecule has 4 heterocycles. The van der Waals surface area contributed by atoms with Crippen molar-refractivity contribution in [2.75, 3.05) is 5.32 Å². The molecule has 3 aliphatic heterocycles. The van der Waals surface area contributed by atoms with Gasteiger partial charge in [-0.15, -0.1) is 10.2 Å². The minimum atomic E-state index is 0.136. The molecule has 2 fully saturated rings. The van der Waals surface area contributed by atoms with Crippen molar-refractivity contribution in [1.82, 2.24) is 20.1 Å². The molecular formula is C23H31N5O. The molecule has 2 unspecified atom stereocenters. The van der Waals surface area contributed by atoms with E-state index < -0.39 is 0 Å². The SMILES string of the molecule is Cc1ccc(-c2nnc3n2CCCCC3)cc1NC(=O)CC1CC2CCC(C1)N2. The average Bonchev–Trinajstić information content (AvgIpc) is 3.17. The normalized spacial score (nSPS) is 26.0. The monoisotopic (exact) mass is 393 g/mol. The van der Waals surface area contributed by atoms with Gasteiger partial charge in [0.05, 0.1) is 0 Å². The summed E-state index contributed by atoms with van der Waals surface area (Å²) in [5.74, 6) is 2.65. The molecule has 2 bridgehead atoms. The maximum absolute atomic E-state index is 12.8. The lowest BCUT2D eigenvalue weighted by Gasteiger charge is -2.28. The quantitative estimate of drug-likeness (QED) is 0.828. The van der Waals surface area contributed by atoms with E-state index in [0.717, 1.165) is 54.3 Å². The van der Waals surface area contributed by atoms with Gasteiger partial charge in [-0.3, -0.25) is 4.79 Å². The number of aryl methyl sites for hydroxylation is 2. The lowest BCUT2D eigenvalue weighted by molar-refractivity contribution is -0.117. The fourth-order valence-electron chi connectivity index (χ4n) is 5.40. The summed E-state index contributed by atoms with van der Waals surface area (Å²) in [5.41, 5.74) is 3.02. The summed E-state index contributed by atoms with van der Waals surface area (Å²) in [4.78, 5) is 12.8. The second-order valence-corrected chi connectivity index (χ2v) is 9.16. The van der Waals surface area contributed by atoms with Gasteiger partial charge in [0, 0.05) is 42.7 Å². The lowest BCUT2D eigenvalue weighted by atomic mass is 9.89. The topological polar surface area (TPSA) is 71.8 Å². The second-order valence-electron chi connectivity index (χ2n) is 9.16. The van der Waals surface area contributed by atoms with Crippen LogP contribution in [-0.2, 0) is 17.8 Å². The van der Waals surface area contributed by atoms with Crippen molar-refractivity contribution >= 4 is 11.6 Å². The highest BCUT2D eigenvalue weighted by molar-refractivity contribution is 5.92. The smallest absolute Gasteiger partial charge is 0.224 e. The summed E-state index contributed by atoms with van der Waals surface area (Å²) in [6.45, 7) is 3.03. The van der Waals surface area contributed by atoms with E-state index in [4.69, 9.17) is 0 Å². The van der Waals surface area contributed by atoms with E-state index >= 15 is 0 Å². The minimum Gasteiger partial charge on any atom is -0.326 e. The van der Waals surface area contributed by atoms with Gasteiger partial charge in [-0.25, -0.2) is 0 Å². The molecule has 0 radical (unpaired) electrons. The Morgan fingerprint density at radius 1 is 1.17 bits per heavy atom. The van der Waals surface area contributed by atoms with Crippen LogP contribution >= 0.6 is 0 Å². The van der Waals surface area contributed by atoms with Crippen molar-refractivity contribution in [3.63, 3.8) is 0 Å². The molecule has 2 atom stereocenters. The molecule has 154 valence electrons. The van der Waals surface area contributed by atoms with E-state index in [-0.39, 0.29) is 5.91 Å². The fraction of sp³-hybridized carbons (Fsp3) is 0.609. The minimum absolute atomic E-state index is 0.136. The number of carbonyl (C=O) groups is 1. The molecule has 0 saturated carbocycles. The number of benzene rings is 1. The van der Waals surface area contributed by atoms with Gasteiger partial charge in [0.25, 0.3) is 0 Å². The van der Waals surface area contributed by atoms with Crippen LogP contribution in [0, 0.1) is 12.8 Å². The number of anilines is 1. The number of aromatic nitrogens is 3. The summed E-state index contributed by atoms with van der Waals surface area (Å²) in [7, 11) is 0. The first-order valence-corrected chi connectivity index (χ1v) is 11.2. The van der Waals surface area contributed by atoms with Gasteiger partial charge >= 0.3 is 0 Å². The van der Waals surface area contributed by atoms with Gasteiger partial charge in [-0.2, -0.15) is 0 Å². The van der Waals surface area contributed by atoms with Crippen molar-refractivity contribution in [3.05, 3.63) is 29.6 Å².